The van der Waals surface area contributed by atoms with Gasteiger partial charge in [0.15, 0.2) is 0 Å². The van der Waals surface area contributed by atoms with Crippen molar-refractivity contribution >= 4 is 11.9 Å². The fraction of sp³-hybridized carbons (Fsp3) is 0.429. The van der Waals surface area contributed by atoms with Crippen LogP contribution in [0.15, 0.2) is 24.3 Å². The van der Waals surface area contributed by atoms with E-state index in [2.05, 4.69) is 0 Å². The van der Waals surface area contributed by atoms with Gasteiger partial charge >= 0.3 is 12.1 Å². The molecule has 22 heavy (non-hydrogen) atoms. The van der Waals surface area contributed by atoms with Gasteiger partial charge in [0.2, 0.25) is 6.17 Å². The Bertz CT molecular complexity index is 566. The molecule has 0 spiro atoms. The highest BCUT2D eigenvalue weighted by Gasteiger charge is 2.38. The second-order valence-corrected chi connectivity index (χ2v) is 5.07. The Kier molecular flexibility index (Phi) is 4.39. The molecule has 1 aromatic rings. The van der Waals surface area contributed by atoms with Crippen LogP contribution in [0.2, 0.25) is 0 Å². The van der Waals surface area contributed by atoms with Crippen LogP contribution in [0.25, 0.3) is 0 Å². The molecule has 0 radical (unpaired) electrons. The van der Waals surface area contributed by atoms with Crippen LogP contribution in [0.3, 0.4) is 0 Å². The van der Waals surface area contributed by atoms with Crippen LogP contribution in [0.1, 0.15) is 30.1 Å². The second kappa shape index (κ2) is 5.94. The predicted octanol–water partition coefficient (Wildman–Crippen LogP) is 2.79. The van der Waals surface area contributed by atoms with Crippen molar-refractivity contribution in [2.75, 3.05) is 6.54 Å². The van der Waals surface area contributed by atoms with E-state index in [1.807, 2.05) is 0 Å². The lowest BCUT2D eigenvalue weighted by Gasteiger charge is -2.22. The van der Waals surface area contributed by atoms with E-state index in [-0.39, 0.29) is 11.6 Å². The van der Waals surface area contributed by atoms with Crippen LogP contribution in [0.5, 0.6) is 0 Å². The Morgan fingerprint density at radius 1 is 1.23 bits per heavy atom. The van der Waals surface area contributed by atoms with Crippen LogP contribution in [-0.4, -0.2) is 34.5 Å². The highest BCUT2D eigenvalue weighted by molar-refractivity contribution is 5.86. The molecule has 0 heterocycles. The Hall–Kier alpha value is -2.12. The molecule has 120 valence electrons. The summed E-state index contributed by atoms with van der Waals surface area (Å²) in [5.41, 5.74) is -1.17. The van der Waals surface area contributed by atoms with Gasteiger partial charge in [0.1, 0.15) is 6.54 Å². The van der Waals surface area contributed by atoms with E-state index >= 15 is 0 Å². The molecule has 0 aliphatic heterocycles. The van der Waals surface area contributed by atoms with E-state index < -0.39 is 36.3 Å². The highest BCUT2D eigenvalue weighted by Crippen LogP contribution is 2.33. The van der Waals surface area contributed by atoms with Gasteiger partial charge in [-0.2, -0.15) is 13.2 Å². The molecule has 4 nitrogen and oxygen atoms in total. The fourth-order valence-corrected chi connectivity index (χ4v) is 2.05. The fourth-order valence-electron chi connectivity index (χ4n) is 2.05. The number of alkyl halides is 4. The molecule has 0 aromatic heterocycles. The zero-order valence-electron chi connectivity index (χ0n) is 11.3. The average Bonchev–Trinajstić information content (AvgIpc) is 3.26. The highest BCUT2D eigenvalue weighted by atomic mass is 19.4. The summed E-state index contributed by atoms with van der Waals surface area (Å²) in [5, 5.41) is 8.75. The Morgan fingerprint density at radius 2 is 1.77 bits per heavy atom. The van der Waals surface area contributed by atoms with Crippen molar-refractivity contribution in [3.05, 3.63) is 35.4 Å². The van der Waals surface area contributed by atoms with Crippen molar-refractivity contribution in [3.8, 4) is 0 Å². The van der Waals surface area contributed by atoms with Gasteiger partial charge in [-0.25, -0.2) is 4.39 Å². The molecule has 1 aliphatic rings. The number of hydrogen-bond donors (Lipinski definition) is 1. The maximum atomic E-state index is 14.2. The summed E-state index contributed by atoms with van der Waals surface area (Å²) in [6.45, 7) is -0.620. The van der Waals surface area contributed by atoms with Crippen LogP contribution in [-0.2, 0) is 15.8 Å². The lowest BCUT2D eigenvalue weighted by atomic mass is 10.1. The lowest BCUT2D eigenvalue weighted by molar-refractivity contribution is -0.147. The first-order chi connectivity index (χ1) is 10.2. The number of carbonyl (C=O) groups is 2. The normalized spacial score (nSPS) is 16.2. The van der Waals surface area contributed by atoms with Gasteiger partial charge in [-0.1, -0.05) is 12.1 Å². The SMILES string of the molecule is O=C(O)CN(C(=O)C(F)c1ccc(C(F)(F)F)cc1)C1CC1. The van der Waals surface area contributed by atoms with Crippen LogP contribution >= 0.6 is 0 Å². The van der Waals surface area contributed by atoms with E-state index in [0.717, 1.165) is 17.0 Å². The lowest BCUT2D eigenvalue weighted by Crippen LogP contribution is -2.39. The maximum Gasteiger partial charge on any atom is 0.416 e. The number of nitrogens with zero attached hydrogens (tertiary/aromatic N) is 1. The number of hydrogen-bond acceptors (Lipinski definition) is 2. The quantitative estimate of drug-likeness (QED) is 0.849. The van der Waals surface area contributed by atoms with Gasteiger partial charge in [-0.05, 0) is 30.5 Å². The molecule has 1 atom stereocenters. The predicted molar refractivity (Wildman–Crippen MR) is 67.7 cm³/mol. The first kappa shape index (κ1) is 16.3. The summed E-state index contributed by atoms with van der Waals surface area (Å²) in [6.07, 6.45) is -5.53. The van der Waals surface area contributed by atoms with E-state index in [4.69, 9.17) is 5.11 Å². The standard InChI is InChI=1S/C14H13F4NO3/c15-12(8-1-3-9(4-2-8)14(16,17)18)13(22)19(7-11(20)21)10-5-6-10/h1-4,10,12H,5-7H2,(H,20,21). The molecule has 0 saturated heterocycles. The summed E-state index contributed by atoms with van der Waals surface area (Å²) in [5.74, 6) is -2.30. The van der Waals surface area contributed by atoms with E-state index in [9.17, 15) is 27.2 Å². The zero-order chi connectivity index (χ0) is 16.5. The number of rotatable bonds is 5. The molecule has 1 N–H and O–H groups in total. The van der Waals surface area contributed by atoms with Crippen molar-refractivity contribution < 1.29 is 32.3 Å². The Labute approximate surface area is 123 Å². The summed E-state index contributed by atoms with van der Waals surface area (Å²) < 4.78 is 51.5. The minimum absolute atomic E-state index is 0.228. The number of benzene rings is 1. The Balaban J connectivity index is 2.13. The topological polar surface area (TPSA) is 57.6 Å². The van der Waals surface area contributed by atoms with Crippen LogP contribution < -0.4 is 0 Å². The summed E-state index contributed by atoms with van der Waals surface area (Å²) in [6, 6.07) is 2.84. The van der Waals surface area contributed by atoms with Gasteiger partial charge in [-0.15, -0.1) is 0 Å². The molecular formula is C14H13F4NO3. The van der Waals surface area contributed by atoms with E-state index in [1.165, 1.54) is 0 Å². The third kappa shape index (κ3) is 3.75. The van der Waals surface area contributed by atoms with Gasteiger partial charge in [0.25, 0.3) is 5.91 Å². The number of carbonyl (C=O) groups excluding carboxylic acids is 1. The molecule has 0 bridgehead atoms. The summed E-state index contributed by atoms with van der Waals surface area (Å²) >= 11 is 0. The molecule has 1 saturated carbocycles. The van der Waals surface area contributed by atoms with Crippen molar-refractivity contribution in [1.29, 1.82) is 0 Å². The molecule has 1 amide bonds. The minimum atomic E-state index is -4.54. The molecule has 1 aromatic carbocycles. The van der Waals surface area contributed by atoms with Gasteiger partial charge in [-0.3, -0.25) is 9.59 Å². The summed E-state index contributed by atoms with van der Waals surface area (Å²) in [7, 11) is 0. The van der Waals surface area contributed by atoms with Crippen molar-refractivity contribution in [2.45, 2.75) is 31.2 Å². The van der Waals surface area contributed by atoms with Crippen LogP contribution in [0.4, 0.5) is 17.6 Å². The zero-order valence-corrected chi connectivity index (χ0v) is 11.3. The second-order valence-electron chi connectivity index (χ2n) is 5.07. The van der Waals surface area contributed by atoms with Gasteiger partial charge in [0, 0.05) is 6.04 Å². The van der Waals surface area contributed by atoms with Crippen LogP contribution in [0, 0.1) is 0 Å². The molecule has 8 heteroatoms. The van der Waals surface area contributed by atoms with Crippen molar-refractivity contribution in [3.63, 3.8) is 0 Å². The van der Waals surface area contributed by atoms with Gasteiger partial charge in [0.05, 0.1) is 5.56 Å². The molecule has 1 fully saturated rings. The van der Waals surface area contributed by atoms with E-state index in [1.54, 1.807) is 0 Å². The first-order valence-electron chi connectivity index (χ1n) is 6.53. The maximum absolute atomic E-state index is 14.2. The molecule has 1 aliphatic carbocycles. The number of halogens is 4. The first-order valence-corrected chi connectivity index (χ1v) is 6.53. The number of aliphatic carboxylic acids is 1. The average molecular weight is 319 g/mol. The minimum Gasteiger partial charge on any atom is -0.480 e. The van der Waals surface area contributed by atoms with Crippen molar-refractivity contribution in [1.82, 2.24) is 4.90 Å². The Morgan fingerprint density at radius 3 is 2.18 bits per heavy atom. The third-order valence-electron chi connectivity index (χ3n) is 3.32. The summed E-state index contributed by atoms with van der Waals surface area (Å²) in [4.78, 5) is 23.6. The molecule has 1 unspecified atom stereocenters. The third-order valence-corrected chi connectivity index (χ3v) is 3.32. The number of carboxylic acid groups (broad SMARTS) is 1. The number of amides is 1. The van der Waals surface area contributed by atoms with Crippen molar-refractivity contribution in [2.24, 2.45) is 0 Å². The smallest absolute Gasteiger partial charge is 0.416 e. The number of carboxylic acids is 1. The largest absolute Gasteiger partial charge is 0.480 e. The molecular weight excluding hydrogens is 306 g/mol. The monoisotopic (exact) mass is 319 g/mol. The van der Waals surface area contributed by atoms with Gasteiger partial charge < -0.3 is 10.0 Å². The molecule has 2 rings (SSSR count). The van der Waals surface area contributed by atoms with E-state index in [0.29, 0.717) is 25.0 Å².